The number of benzene rings is 1. The summed E-state index contributed by atoms with van der Waals surface area (Å²) in [5, 5.41) is 0. The van der Waals surface area contributed by atoms with Gasteiger partial charge in [0, 0.05) is 25.3 Å². The van der Waals surface area contributed by atoms with Crippen molar-refractivity contribution >= 4 is 73.5 Å². The molecule has 0 radical (unpaired) electrons. The highest BCUT2D eigenvalue weighted by Gasteiger charge is 2.42. The summed E-state index contributed by atoms with van der Waals surface area (Å²) in [5.41, 5.74) is 1.35. The molecule has 3 aliphatic rings. The molecular formula is C31H50I3N3. The van der Waals surface area contributed by atoms with E-state index in [1.807, 2.05) is 0 Å². The lowest BCUT2D eigenvalue weighted by molar-refractivity contribution is 0.0780. The molecule has 3 aliphatic carbocycles. The van der Waals surface area contributed by atoms with Crippen LogP contribution in [0.3, 0.4) is 0 Å². The number of hydrogen-bond donors (Lipinski definition) is 0. The van der Waals surface area contributed by atoms with Gasteiger partial charge in [0.1, 0.15) is 0 Å². The second kappa shape index (κ2) is 13.4. The lowest BCUT2D eigenvalue weighted by atomic mass is 9.80. The monoisotopic (exact) mass is 845 g/mol. The topological polar surface area (TPSA) is 9.72 Å². The first-order valence-corrected chi connectivity index (χ1v) is 18.1. The summed E-state index contributed by atoms with van der Waals surface area (Å²) < 4.78 is 1.02. The molecule has 0 N–H and O–H groups in total. The van der Waals surface area contributed by atoms with Gasteiger partial charge in [-0.2, -0.15) is 0 Å². The van der Waals surface area contributed by atoms with Crippen molar-refractivity contribution in [3.05, 3.63) is 30.3 Å². The molecule has 3 nitrogen and oxygen atoms in total. The van der Waals surface area contributed by atoms with Crippen LogP contribution >= 0.6 is 67.8 Å². The minimum atomic E-state index is 0.259. The fourth-order valence-corrected chi connectivity index (χ4v) is 10.3. The average Bonchev–Trinajstić information content (AvgIpc) is 2.91. The highest BCUT2D eigenvalue weighted by Crippen LogP contribution is 2.47. The third-order valence-electron chi connectivity index (χ3n) is 10.3. The summed E-state index contributed by atoms with van der Waals surface area (Å²) in [6.45, 7) is 3.80. The highest BCUT2D eigenvalue weighted by atomic mass is 127. The van der Waals surface area contributed by atoms with Crippen molar-refractivity contribution in [2.45, 2.75) is 113 Å². The molecule has 0 aliphatic heterocycles. The minimum Gasteiger partial charge on any atom is -0.360 e. The summed E-state index contributed by atoms with van der Waals surface area (Å²) in [4.78, 5) is 8.04. The van der Waals surface area contributed by atoms with Crippen molar-refractivity contribution in [2.24, 2.45) is 11.8 Å². The molecule has 1 aromatic rings. The first-order chi connectivity index (χ1) is 17.5. The van der Waals surface area contributed by atoms with Crippen molar-refractivity contribution in [3.63, 3.8) is 0 Å². The van der Waals surface area contributed by atoms with Gasteiger partial charge < -0.3 is 4.90 Å². The van der Waals surface area contributed by atoms with Crippen LogP contribution in [0.25, 0.3) is 0 Å². The van der Waals surface area contributed by atoms with Gasteiger partial charge in [-0.05, 0) is 116 Å². The molecule has 3 fully saturated rings. The van der Waals surface area contributed by atoms with Crippen LogP contribution in [0.2, 0.25) is 0 Å². The standard InChI is InChI=1S/C31H50I3N3/c1-25(23-26-13-19-31(34,20-14-26)37(4)28-11-7-5-8-12-28)36(3)30(33)21-15-27(16-22-30)24-35(2)29(32)17-9-6-10-18-29/h5,7-8,11-12,25-27H,6,9-10,13-24H2,1-4H3. The van der Waals surface area contributed by atoms with E-state index < -0.39 is 0 Å². The Kier molecular flexibility index (Phi) is 11.3. The quantitative estimate of drug-likeness (QED) is 0.139. The maximum absolute atomic E-state index is 2.84. The molecule has 210 valence electrons. The van der Waals surface area contributed by atoms with E-state index in [2.05, 4.69) is 141 Å². The summed E-state index contributed by atoms with van der Waals surface area (Å²) in [6, 6.07) is 11.6. The Morgan fingerprint density at radius 3 is 1.86 bits per heavy atom. The van der Waals surface area contributed by atoms with Crippen LogP contribution in [0, 0.1) is 11.8 Å². The molecule has 37 heavy (non-hydrogen) atoms. The number of alkyl halides is 3. The molecule has 0 spiro atoms. The maximum atomic E-state index is 2.84. The van der Waals surface area contributed by atoms with Crippen LogP contribution in [-0.2, 0) is 0 Å². The number of para-hydroxylation sites is 1. The molecular weight excluding hydrogens is 795 g/mol. The fraction of sp³-hybridized carbons (Fsp3) is 0.806. The van der Waals surface area contributed by atoms with E-state index in [4.69, 9.17) is 0 Å². The Morgan fingerprint density at radius 2 is 1.27 bits per heavy atom. The van der Waals surface area contributed by atoms with Gasteiger partial charge in [-0.25, -0.2) is 0 Å². The molecule has 3 saturated carbocycles. The Morgan fingerprint density at radius 1 is 0.730 bits per heavy atom. The van der Waals surface area contributed by atoms with Gasteiger partial charge in [0.15, 0.2) is 0 Å². The summed E-state index contributed by atoms with van der Waals surface area (Å²) in [6.07, 6.45) is 19.2. The molecule has 0 amide bonds. The van der Waals surface area contributed by atoms with Gasteiger partial charge in [0.25, 0.3) is 0 Å². The van der Waals surface area contributed by atoms with Crippen molar-refractivity contribution in [3.8, 4) is 0 Å². The van der Waals surface area contributed by atoms with Crippen LogP contribution < -0.4 is 4.90 Å². The van der Waals surface area contributed by atoms with Crippen molar-refractivity contribution in [2.75, 3.05) is 32.6 Å². The lowest BCUT2D eigenvalue weighted by Gasteiger charge is -2.48. The predicted octanol–water partition coefficient (Wildman–Crippen LogP) is 9.50. The van der Waals surface area contributed by atoms with Crippen LogP contribution in [0.4, 0.5) is 5.69 Å². The van der Waals surface area contributed by atoms with Crippen LogP contribution in [0.5, 0.6) is 0 Å². The molecule has 6 heteroatoms. The van der Waals surface area contributed by atoms with E-state index in [1.54, 1.807) is 0 Å². The zero-order valence-corrected chi connectivity index (χ0v) is 30.2. The third-order valence-corrected chi connectivity index (χ3v) is 15.8. The van der Waals surface area contributed by atoms with Gasteiger partial charge in [-0.15, -0.1) is 0 Å². The van der Waals surface area contributed by atoms with Gasteiger partial charge in [-0.1, -0.05) is 105 Å². The van der Waals surface area contributed by atoms with Crippen molar-refractivity contribution < 1.29 is 0 Å². The normalized spacial score (nSPS) is 33.4. The molecule has 0 aromatic heterocycles. The first kappa shape index (κ1) is 31.1. The average molecular weight is 845 g/mol. The van der Waals surface area contributed by atoms with Crippen LogP contribution in [-0.4, -0.2) is 54.2 Å². The number of nitrogens with zero attached hydrogens (tertiary/aromatic N) is 3. The Bertz CT molecular complexity index is 827. The zero-order valence-electron chi connectivity index (χ0n) is 23.7. The lowest BCUT2D eigenvalue weighted by Crippen LogP contribution is -2.51. The van der Waals surface area contributed by atoms with E-state index in [1.165, 1.54) is 102 Å². The van der Waals surface area contributed by atoms with Crippen LogP contribution in [0.1, 0.15) is 96.8 Å². The van der Waals surface area contributed by atoms with Gasteiger partial charge in [-0.3, -0.25) is 9.80 Å². The molecule has 4 rings (SSSR count). The second-order valence-electron chi connectivity index (χ2n) is 12.7. The molecule has 0 bridgehead atoms. The molecule has 0 saturated heterocycles. The third kappa shape index (κ3) is 7.70. The molecule has 0 heterocycles. The molecule has 1 unspecified atom stereocenters. The second-order valence-corrected chi connectivity index (χ2v) is 18.7. The summed E-state index contributed by atoms with van der Waals surface area (Å²) in [5.74, 6) is 1.74. The van der Waals surface area contributed by atoms with Gasteiger partial charge >= 0.3 is 0 Å². The van der Waals surface area contributed by atoms with E-state index >= 15 is 0 Å². The van der Waals surface area contributed by atoms with Gasteiger partial charge in [0.2, 0.25) is 0 Å². The SMILES string of the molecule is CC(CC1CCC(I)(N(C)c2ccccc2)CC1)N(C)C1(I)CCC(CN(C)C2(I)CCCCC2)CC1. The van der Waals surface area contributed by atoms with E-state index in [0.717, 1.165) is 11.8 Å². The maximum Gasteiger partial charge on any atom is 0.0914 e. The number of hydrogen-bond acceptors (Lipinski definition) is 3. The summed E-state index contributed by atoms with van der Waals surface area (Å²) in [7, 11) is 7.13. The number of anilines is 1. The smallest absolute Gasteiger partial charge is 0.0914 e. The molecule has 1 aromatic carbocycles. The minimum absolute atomic E-state index is 0.259. The van der Waals surface area contributed by atoms with Crippen molar-refractivity contribution in [1.29, 1.82) is 0 Å². The van der Waals surface area contributed by atoms with Crippen molar-refractivity contribution in [1.82, 2.24) is 9.80 Å². The number of rotatable bonds is 9. The summed E-state index contributed by atoms with van der Waals surface area (Å²) >= 11 is 8.37. The van der Waals surface area contributed by atoms with E-state index in [9.17, 15) is 0 Å². The zero-order chi connectivity index (χ0) is 26.7. The first-order valence-electron chi connectivity index (χ1n) is 14.8. The molecule has 1 atom stereocenters. The van der Waals surface area contributed by atoms with E-state index in [0.29, 0.717) is 13.1 Å². The predicted molar refractivity (Wildman–Crippen MR) is 187 cm³/mol. The Balaban J connectivity index is 1.23. The fourth-order valence-electron chi connectivity index (χ4n) is 7.29. The van der Waals surface area contributed by atoms with Crippen LogP contribution in [0.15, 0.2) is 30.3 Å². The number of halogens is 3. The highest BCUT2D eigenvalue weighted by molar-refractivity contribution is 14.1. The van der Waals surface area contributed by atoms with Gasteiger partial charge in [0.05, 0.1) is 10.6 Å². The van der Waals surface area contributed by atoms with E-state index in [-0.39, 0.29) is 3.55 Å². The Labute approximate surface area is 269 Å². The Hall–Kier alpha value is 1.13. The largest absolute Gasteiger partial charge is 0.360 e.